The highest BCUT2D eigenvalue weighted by Crippen LogP contribution is 2.44. The lowest BCUT2D eigenvalue weighted by molar-refractivity contribution is 0.509. The Hall–Kier alpha value is -1.99. The van der Waals surface area contributed by atoms with Gasteiger partial charge in [0, 0.05) is 22.7 Å². The molecule has 0 bridgehead atoms. The summed E-state index contributed by atoms with van der Waals surface area (Å²) in [7, 11) is 0. The van der Waals surface area contributed by atoms with E-state index in [-0.39, 0.29) is 0 Å². The van der Waals surface area contributed by atoms with Crippen molar-refractivity contribution in [3.63, 3.8) is 0 Å². The molecule has 2 aliphatic carbocycles. The zero-order valence-electron chi connectivity index (χ0n) is 15.8. The van der Waals surface area contributed by atoms with Crippen molar-refractivity contribution in [3.8, 4) is 0 Å². The Kier molecular flexibility index (Phi) is 3.94. The van der Waals surface area contributed by atoms with Gasteiger partial charge in [0.1, 0.15) is 10.7 Å². The van der Waals surface area contributed by atoms with Crippen LogP contribution in [0, 0.1) is 5.92 Å². The van der Waals surface area contributed by atoms with Gasteiger partial charge in [-0.1, -0.05) is 24.8 Å². The molecule has 28 heavy (non-hydrogen) atoms. The number of hydrogen-bond acceptors (Lipinski definition) is 6. The molecule has 4 aromatic rings. The third-order valence-electron chi connectivity index (χ3n) is 5.81. The molecule has 5 nitrogen and oxygen atoms in total. The lowest BCUT2D eigenvalue weighted by atomic mass is 9.89. The smallest absolute Gasteiger partial charge is 0.197 e. The Labute approximate surface area is 171 Å². The molecular formula is C21H21N5S2. The summed E-state index contributed by atoms with van der Waals surface area (Å²) in [5.74, 6) is 3.27. The fourth-order valence-electron chi connectivity index (χ4n) is 4.17. The van der Waals surface area contributed by atoms with Crippen molar-refractivity contribution >= 4 is 39.0 Å². The van der Waals surface area contributed by atoms with E-state index in [4.69, 9.17) is 4.98 Å². The van der Waals surface area contributed by atoms with Crippen LogP contribution in [0.1, 0.15) is 54.1 Å². The van der Waals surface area contributed by atoms with Crippen LogP contribution >= 0.6 is 23.1 Å². The SMILES string of the molecule is C[C@@H]1CCc2c(sc3nc(C4CC4)n4c(SCc5ccccn5)nnc4c23)C1. The first kappa shape index (κ1) is 16.9. The number of thioether (sulfide) groups is 1. The molecule has 2 aliphatic rings. The van der Waals surface area contributed by atoms with Crippen LogP contribution in [0.15, 0.2) is 29.6 Å². The van der Waals surface area contributed by atoms with E-state index in [0.29, 0.717) is 5.92 Å². The second-order valence-corrected chi connectivity index (χ2v) is 10.1. The molecule has 6 rings (SSSR count). The van der Waals surface area contributed by atoms with Crippen LogP contribution in [-0.4, -0.2) is 24.6 Å². The summed E-state index contributed by atoms with van der Waals surface area (Å²) >= 11 is 3.60. The fourth-order valence-corrected chi connectivity index (χ4v) is 6.41. The molecule has 0 radical (unpaired) electrons. The second-order valence-electron chi connectivity index (χ2n) is 8.03. The van der Waals surface area contributed by atoms with E-state index in [1.165, 1.54) is 46.3 Å². The van der Waals surface area contributed by atoms with E-state index in [1.807, 2.05) is 29.7 Å². The van der Waals surface area contributed by atoms with Gasteiger partial charge in [-0.3, -0.25) is 9.38 Å². The summed E-state index contributed by atoms with van der Waals surface area (Å²) in [5.41, 5.74) is 3.56. The molecule has 0 spiro atoms. The van der Waals surface area contributed by atoms with Gasteiger partial charge >= 0.3 is 0 Å². The summed E-state index contributed by atoms with van der Waals surface area (Å²) in [5, 5.41) is 11.5. The zero-order chi connectivity index (χ0) is 18.7. The topological polar surface area (TPSA) is 56.0 Å². The highest BCUT2D eigenvalue weighted by molar-refractivity contribution is 7.98. The van der Waals surface area contributed by atoms with Gasteiger partial charge in [0.2, 0.25) is 0 Å². The molecular weight excluding hydrogens is 386 g/mol. The Morgan fingerprint density at radius 1 is 1.21 bits per heavy atom. The number of pyridine rings is 1. The molecule has 1 saturated carbocycles. The highest BCUT2D eigenvalue weighted by Gasteiger charge is 2.32. The van der Waals surface area contributed by atoms with Crippen molar-refractivity contribution in [1.82, 2.24) is 24.6 Å². The van der Waals surface area contributed by atoms with Gasteiger partial charge in [-0.2, -0.15) is 0 Å². The minimum atomic E-state index is 0.551. The number of thiophene rings is 1. The van der Waals surface area contributed by atoms with E-state index in [0.717, 1.165) is 40.4 Å². The Balaban J connectivity index is 1.50. The van der Waals surface area contributed by atoms with Gasteiger partial charge in [0.15, 0.2) is 10.8 Å². The van der Waals surface area contributed by atoms with Crippen LogP contribution in [0.5, 0.6) is 0 Å². The lowest BCUT2D eigenvalue weighted by Crippen LogP contribution is -2.09. The Morgan fingerprint density at radius 3 is 2.96 bits per heavy atom. The van der Waals surface area contributed by atoms with E-state index in [9.17, 15) is 0 Å². The molecule has 0 saturated heterocycles. The molecule has 0 aromatic carbocycles. The van der Waals surface area contributed by atoms with Crippen LogP contribution in [-0.2, 0) is 18.6 Å². The minimum Gasteiger partial charge on any atom is -0.260 e. The van der Waals surface area contributed by atoms with E-state index in [2.05, 4.69) is 32.6 Å². The first-order chi connectivity index (χ1) is 13.8. The number of aryl methyl sites for hydroxylation is 1. The van der Waals surface area contributed by atoms with Gasteiger partial charge in [-0.15, -0.1) is 21.5 Å². The maximum Gasteiger partial charge on any atom is 0.197 e. The molecule has 7 heteroatoms. The van der Waals surface area contributed by atoms with Gasteiger partial charge in [0.25, 0.3) is 0 Å². The number of fused-ring (bicyclic) bond motifs is 5. The average molecular weight is 408 g/mol. The van der Waals surface area contributed by atoms with Gasteiger partial charge in [-0.05, 0) is 55.7 Å². The average Bonchev–Trinajstić information content (AvgIpc) is 3.37. The second kappa shape index (κ2) is 6.52. The molecule has 0 aliphatic heterocycles. The summed E-state index contributed by atoms with van der Waals surface area (Å²) in [6, 6.07) is 6.04. The van der Waals surface area contributed by atoms with Crippen LogP contribution in [0.2, 0.25) is 0 Å². The Bertz CT molecular complexity index is 1180. The first-order valence-electron chi connectivity index (χ1n) is 10.00. The van der Waals surface area contributed by atoms with Crippen molar-refractivity contribution in [2.45, 2.75) is 55.9 Å². The van der Waals surface area contributed by atoms with Gasteiger partial charge in [0.05, 0.1) is 11.1 Å². The van der Waals surface area contributed by atoms with Crippen molar-refractivity contribution in [2.75, 3.05) is 0 Å². The van der Waals surface area contributed by atoms with Crippen molar-refractivity contribution in [3.05, 3.63) is 46.4 Å². The lowest BCUT2D eigenvalue weighted by Gasteiger charge is -2.17. The predicted molar refractivity (Wildman–Crippen MR) is 113 cm³/mol. The molecule has 4 aromatic heterocycles. The Morgan fingerprint density at radius 2 is 2.14 bits per heavy atom. The van der Waals surface area contributed by atoms with E-state index < -0.39 is 0 Å². The molecule has 1 fully saturated rings. The van der Waals surface area contributed by atoms with Crippen LogP contribution in [0.25, 0.3) is 15.9 Å². The summed E-state index contributed by atoms with van der Waals surface area (Å²) in [4.78, 5) is 12.3. The number of nitrogens with zero attached hydrogens (tertiary/aromatic N) is 5. The first-order valence-corrected chi connectivity index (χ1v) is 11.8. The summed E-state index contributed by atoms with van der Waals surface area (Å²) < 4.78 is 2.25. The number of hydrogen-bond donors (Lipinski definition) is 0. The zero-order valence-corrected chi connectivity index (χ0v) is 17.4. The third-order valence-corrected chi connectivity index (χ3v) is 7.92. The monoisotopic (exact) mass is 407 g/mol. The van der Waals surface area contributed by atoms with Crippen LogP contribution < -0.4 is 0 Å². The number of rotatable bonds is 4. The summed E-state index contributed by atoms with van der Waals surface area (Å²) in [6.45, 7) is 2.36. The predicted octanol–water partition coefficient (Wildman–Crippen LogP) is 5.03. The van der Waals surface area contributed by atoms with Crippen molar-refractivity contribution in [2.24, 2.45) is 5.92 Å². The molecule has 142 valence electrons. The molecule has 4 heterocycles. The van der Waals surface area contributed by atoms with Crippen molar-refractivity contribution in [1.29, 1.82) is 0 Å². The highest BCUT2D eigenvalue weighted by atomic mass is 32.2. The molecule has 0 amide bonds. The maximum atomic E-state index is 5.16. The molecule has 1 atom stereocenters. The third kappa shape index (κ3) is 2.75. The standard InChI is InChI=1S/C21H21N5S2/c1-12-5-8-15-16(10-12)28-20-17(15)19-24-25-21(26(19)18(23-20)13-6-7-13)27-11-14-4-2-3-9-22-14/h2-4,9,12-13H,5-8,10-11H2,1H3/t12-/m1/s1. The minimum absolute atomic E-state index is 0.551. The van der Waals surface area contributed by atoms with E-state index >= 15 is 0 Å². The van der Waals surface area contributed by atoms with Crippen molar-refractivity contribution < 1.29 is 0 Å². The molecule has 0 N–H and O–H groups in total. The van der Waals surface area contributed by atoms with E-state index in [1.54, 1.807) is 11.8 Å². The largest absolute Gasteiger partial charge is 0.260 e. The van der Waals surface area contributed by atoms with Crippen LogP contribution in [0.4, 0.5) is 0 Å². The normalized spacial score (nSPS) is 19.4. The quantitative estimate of drug-likeness (QED) is 0.444. The molecule has 0 unspecified atom stereocenters. The van der Waals surface area contributed by atoms with Gasteiger partial charge in [-0.25, -0.2) is 4.98 Å². The number of aromatic nitrogens is 5. The van der Waals surface area contributed by atoms with Crippen LogP contribution in [0.3, 0.4) is 0 Å². The van der Waals surface area contributed by atoms with Gasteiger partial charge < -0.3 is 0 Å². The summed E-state index contributed by atoms with van der Waals surface area (Å²) in [6.07, 6.45) is 7.86. The maximum absolute atomic E-state index is 5.16. The fraction of sp³-hybridized carbons (Fsp3) is 0.429.